The van der Waals surface area contributed by atoms with E-state index >= 15 is 0 Å². The van der Waals surface area contributed by atoms with Gasteiger partial charge < -0.3 is 15.0 Å². The van der Waals surface area contributed by atoms with Gasteiger partial charge in [0.05, 0.1) is 4.47 Å². The number of carbonyl (C=O) groups excluding carboxylic acids is 1. The van der Waals surface area contributed by atoms with Crippen LogP contribution in [0.3, 0.4) is 0 Å². The number of ether oxygens (including phenoxy) is 1. The van der Waals surface area contributed by atoms with Crippen molar-refractivity contribution in [3.05, 3.63) is 28.2 Å². The number of carbonyl (C=O) groups is 1. The van der Waals surface area contributed by atoms with Crippen LogP contribution in [0.4, 0.5) is 0 Å². The summed E-state index contributed by atoms with van der Waals surface area (Å²) in [4.78, 5) is 13.7. The van der Waals surface area contributed by atoms with E-state index in [1.165, 1.54) is 12.8 Å². The van der Waals surface area contributed by atoms with E-state index in [1.54, 1.807) is 11.9 Å². The summed E-state index contributed by atoms with van der Waals surface area (Å²) in [6.45, 7) is 4.81. The third-order valence-corrected chi connectivity index (χ3v) is 4.34. The molecule has 2 rings (SSSR count). The van der Waals surface area contributed by atoms with Gasteiger partial charge in [-0.2, -0.15) is 0 Å². The third kappa shape index (κ3) is 4.71. The van der Waals surface area contributed by atoms with Gasteiger partial charge in [0.15, 0.2) is 6.61 Å². The Morgan fingerprint density at radius 1 is 1.48 bits per heavy atom. The minimum atomic E-state index is -0.0122. The molecule has 21 heavy (non-hydrogen) atoms. The number of nitrogens with zero attached hydrogens (tertiary/aromatic N) is 1. The number of rotatable bonds is 7. The Hall–Kier alpha value is -1.07. The monoisotopic (exact) mass is 354 g/mol. The number of nitrogens with one attached hydrogen (secondary N) is 1. The number of para-hydroxylation sites is 1. The number of amides is 1. The number of hydrogen-bond donors (Lipinski definition) is 1. The molecular weight excluding hydrogens is 332 g/mol. The molecule has 0 spiro atoms. The third-order valence-electron chi connectivity index (χ3n) is 3.72. The van der Waals surface area contributed by atoms with Gasteiger partial charge in [0, 0.05) is 31.2 Å². The van der Waals surface area contributed by atoms with Crippen molar-refractivity contribution in [1.29, 1.82) is 0 Å². The lowest BCUT2D eigenvalue weighted by atomic mass is 10.2. The zero-order valence-corrected chi connectivity index (χ0v) is 14.4. The molecule has 0 heterocycles. The highest BCUT2D eigenvalue weighted by Crippen LogP contribution is 2.30. The largest absolute Gasteiger partial charge is 0.482 e. The summed E-state index contributed by atoms with van der Waals surface area (Å²) < 4.78 is 6.66. The van der Waals surface area contributed by atoms with Gasteiger partial charge in [-0.05, 0) is 48.7 Å². The number of benzene rings is 1. The highest BCUT2D eigenvalue weighted by atomic mass is 79.9. The van der Waals surface area contributed by atoms with Crippen LogP contribution in [-0.2, 0) is 11.3 Å². The second kappa shape index (κ2) is 7.27. The molecule has 0 bridgehead atoms. The normalized spacial score (nSPS) is 14.3. The highest BCUT2D eigenvalue weighted by molar-refractivity contribution is 9.10. The van der Waals surface area contributed by atoms with Crippen molar-refractivity contribution >= 4 is 21.8 Å². The maximum absolute atomic E-state index is 12.0. The van der Waals surface area contributed by atoms with Gasteiger partial charge in [0.2, 0.25) is 0 Å². The molecule has 1 N–H and O–H groups in total. The molecule has 0 radical (unpaired) electrons. The fourth-order valence-corrected chi connectivity index (χ4v) is 2.44. The lowest BCUT2D eigenvalue weighted by Crippen LogP contribution is -2.36. The van der Waals surface area contributed by atoms with Gasteiger partial charge >= 0.3 is 0 Å². The quantitative estimate of drug-likeness (QED) is 0.818. The minimum absolute atomic E-state index is 0.0122. The highest BCUT2D eigenvalue weighted by Gasteiger charge is 2.21. The Balaban J connectivity index is 1.98. The van der Waals surface area contributed by atoms with Crippen molar-refractivity contribution in [1.82, 2.24) is 10.2 Å². The lowest BCUT2D eigenvalue weighted by Gasteiger charge is -2.22. The number of halogens is 1. The molecular formula is C16H23BrN2O2. The van der Waals surface area contributed by atoms with E-state index in [0.717, 1.165) is 22.3 Å². The van der Waals surface area contributed by atoms with Crippen LogP contribution in [0.5, 0.6) is 5.75 Å². The first-order chi connectivity index (χ1) is 9.99. The van der Waals surface area contributed by atoms with Gasteiger partial charge in [-0.15, -0.1) is 0 Å². The van der Waals surface area contributed by atoms with E-state index in [4.69, 9.17) is 4.74 Å². The first-order valence-electron chi connectivity index (χ1n) is 7.38. The molecule has 1 aromatic carbocycles. The fraction of sp³-hybridized carbons (Fsp3) is 0.562. The molecule has 1 aromatic rings. The molecule has 0 saturated heterocycles. The van der Waals surface area contributed by atoms with Gasteiger partial charge in [0.25, 0.3) is 5.91 Å². The summed E-state index contributed by atoms with van der Waals surface area (Å²) in [7, 11) is 1.80. The lowest BCUT2D eigenvalue weighted by molar-refractivity contribution is -0.133. The van der Waals surface area contributed by atoms with Crippen LogP contribution in [-0.4, -0.2) is 36.5 Å². The SMILES string of the molecule is CC(C)N(C)C(=O)COc1c(Br)cccc1CNC1CC1. The fourth-order valence-electron chi connectivity index (χ4n) is 1.92. The summed E-state index contributed by atoms with van der Waals surface area (Å²) in [6, 6.07) is 6.78. The van der Waals surface area contributed by atoms with Crippen molar-refractivity contribution in [2.45, 2.75) is 45.3 Å². The van der Waals surface area contributed by atoms with E-state index in [1.807, 2.05) is 32.0 Å². The van der Waals surface area contributed by atoms with Crippen molar-refractivity contribution in [2.24, 2.45) is 0 Å². The van der Waals surface area contributed by atoms with Crippen LogP contribution in [0.25, 0.3) is 0 Å². The van der Waals surface area contributed by atoms with Crippen molar-refractivity contribution < 1.29 is 9.53 Å². The van der Waals surface area contributed by atoms with Crippen molar-refractivity contribution in [3.63, 3.8) is 0 Å². The van der Waals surface area contributed by atoms with Crippen LogP contribution in [0.2, 0.25) is 0 Å². The Bertz CT molecular complexity index is 501. The van der Waals surface area contributed by atoms with Gasteiger partial charge in [-0.3, -0.25) is 4.79 Å². The predicted octanol–water partition coefficient (Wildman–Crippen LogP) is 2.95. The predicted molar refractivity (Wildman–Crippen MR) is 87.4 cm³/mol. The van der Waals surface area contributed by atoms with E-state index in [-0.39, 0.29) is 18.6 Å². The Morgan fingerprint density at radius 2 is 2.19 bits per heavy atom. The molecule has 0 aromatic heterocycles. The van der Waals surface area contributed by atoms with Crippen molar-refractivity contribution in [3.8, 4) is 5.75 Å². The molecule has 1 saturated carbocycles. The summed E-state index contributed by atoms with van der Waals surface area (Å²) in [6.07, 6.45) is 2.50. The first kappa shape index (κ1) is 16.3. The molecule has 4 nitrogen and oxygen atoms in total. The van der Waals surface area contributed by atoms with Crippen LogP contribution in [0.15, 0.2) is 22.7 Å². The summed E-state index contributed by atoms with van der Waals surface area (Å²) in [5, 5.41) is 3.47. The minimum Gasteiger partial charge on any atom is -0.482 e. The second-order valence-corrected chi connectivity index (χ2v) is 6.62. The first-order valence-corrected chi connectivity index (χ1v) is 8.17. The Labute approximate surface area is 135 Å². The molecule has 1 fully saturated rings. The maximum Gasteiger partial charge on any atom is 0.260 e. The molecule has 116 valence electrons. The molecule has 0 aliphatic heterocycles. The summed E-state index contributed by atoms with van der Waals surface area (Å²) in [5.74, 6) is 0.748. The zero-order chi connectivity index (χ0) is 15.4. The molecule has 1 aliphatic carbocycles. The summed E-state index contributed by atoms with van der Waals surface area (Å²) >= 11 is 3.51. The van der Waals surface area contributed by atoms with Crippen molar-refractivity contribution in [2.75, 3.05) is 13.7 Å². The smallest absolute Gasteiger partial charge is 0.260 e. The van der Waals surface area contributed by atoms with E-state index < -0.39 is 0 Å². The van der Waals surface area contributed by atoms with Gasteiger partial charge in [0.1, 0.15) is 5.75 Å². The summed E-state index contributed by atoms with van der Waals surface area (Å²) in [5.41, 5.74) is 1.08. The zero-order valence-electron chi connectivity index (χ0n) is 12.9. The Kier molecular flexibility index (Phi) is 5.65. The van der Waals surface area contributed by atoms with E-state index in [0.29, 0.717) is 6.04 Å². The van der Waals surface area contributed by atoms with Crippen LogP contribution < -0.4 is 10.1 Å². The van der Waals surface area contributed by atoms with Crippen LogP contribution >= 0.6 is 15.9 Å². The standard InChI is InChI=1S/C16H23BrN2O2/c1-11(2)19(3)15(20)10-21-16-12(5-4-6-14(16)17)9-18-13-7-8-13/h4-6,11,13,18H,7-10H2,1-3H3. The maximum atomic E-state index is 12.0. The molecule has 1 amide bonds. The van der Waals surface area contributed by atoms with Gasteiger partial charge in [-0.1, -0.05) is 12.1 Å². The number of hydrogen-bond acceptors (Lipinski definition) is 3. The van der Waals surface area contributed by atoms with E-state index in [2.05, 4.69) is 21.2 Å². The molecule has 5 heteroatoms. The van der Waals surface area contributed by atoms with Crippen LogP contribution in [0, 0.1) is 0 Å². The van der Waals surface area contributed by atoms with Gasteiger partial charge in [-0.25, -0.2) is 0 Å². The van der Waals surface area contributed by atoms with E-state index in [9.17, 15) is 4.79 Å². The molecule has 0 atom stereocenters. The average molecular weight is 355 g/mol. The molecule has 0 unspecified atom stereocenters. The topological polar surface area (TPSA) is 41.6 Å². The Morgan fingerprint density at radius 3 is 2.81 bits per heavy atom. The van der Waals surface area contributed by atoms with Crippen LogP contribution in [0.1, 0.15) is 32.3 Å². The molecule has 1 aliphatic rings. The number of likely N-dealkylation sites (N-methyl/N-ethyl adjacent to an activating group) is 1. The average Bonchev–Trinajstić information content (AvgIpc) is 3.26. The second-order valence-electron chi connectivity index (χ2n) is 5.77.